The van der Waals surface area contributed by atoms with E-state index < -0.39 is 0 Å². The zero-order chi connectivity index (χ0) is 15.7. The van der Waals surface area contributed by atoms with E-state index in [2.05, 4.69) is 15.2 Å². The Bertz CT molecular complexity index is 544. The van der Waals surface area contributed by atoms with Crippen molar-refractivity contribution in [2.75, 3.05) is 13.1 Å². The number of aryl methyl sites for hydroxylation is 1. The Kier molecular flexibility index (Phi) is 5.68. The van der Waals surface area contributed by atoms with Gasteiger partial charge in [-0.2, -0.15) is 5.10 Å². The van der Waals surface area contributed by atoms with Crippen molar-refractivity contribution in [1.29, 1.82) is 0 Å². The van der Waals surface area contributed by atoms with Gasteiger partial charge < -0.3 is 10.6 Å². The molecule has 6 nitrogen and oxygen atoms in total. The molecule has 1 aliphatic heterocycles. The van der Waals surface area contributed by atoms with E-state index in [-0.39, 0.29) is 35.7 Å². The minimum Gasteiger partial charge on any atom is -0.342 e. The van der Waals surface area contributed by atoms with E-state index in [4.69, 9.17) is 5.73 Å². The minimum absolute atomic E-state index is 0. The van der Waals surface area contributed by atoms with Gasteiger partial charge in [-0.1, -0.05) is 12.8 Å². The van der Waals surface area contributed by atoms with Crippen LogP contribution in [0.25, 0.3) is 0 Å². The summed E-state index contributed by atoms with van der Waals surface area (Å²) in [4.78, 5) is 19.4. The van der Waals surface area contributed by atoms with Gasteiger partial charge in [-0.3, -0.25) is 9.89 Å². The molecule has 3 atom stereocenters. The van der Waals surface area contributed by atoms with Gasteiger partial charge >= 0.3 is 0 Å². The fourth-order valence-corrected chi connectivity index (χ4v) is 3.91. The Balaban J connectivity index is 0.00000192. The summed E-state index contributed by atoms with van der Waals surface area (Å²) in [6.45, 7) is 5.51. The summed E-state index contributed by atoms with van der Waals surface area (Å²) in [7, 11) is 0. The van der Waals surface area contributed by atoms with Crippen molar-refractivity contribution in [3.05, 3.63) is 11.6 Å². The summed E-state index contributed by atoms with van der Waals surface area (Å²) in [5.74, 6) is 2.13. The van der Waals surface area contributed by atoms with Gasteiger partial charge in [-0.25, -0.2) is 4.98 Å². The van der Waals surface area contributed by atoms with Crippen LogP contribution in [0.15, 0.2) is 0 Å². The lowest BCUT2D eigenvalue weighted by atomic mass is 9.73. The van der Waals surface area contributed by atoms with Crippen LogP contribution >= 0.6 is 12.4 Å². The molecule has 1 aromatic rings. The van der Waals surface area contributed by atoms with Gasteiger partial charge in [-0.15, -0.1) is 12.4 Å². The number of rotatable bonds is 2. The molecule has 0 aromatic carbocycles. The van der Waals surface area contributed by atoms with E-state index in [0.29, 0.717) is 0 Å². The highest BCUT2D eigenvalue weighted by molar-refractivity contribution is 5.85. The Labute approximate surface area is 144 Å². The van der Waals surface area contributed by atoms with Gasteiger partial charge in [-0.05, 0) is 39.5 Å². The highest BCUT2D eigenvalue weighted by Gasteiger charge is 2.41. The maximum atomic E-state index is 12.9. The van der Waals surface area contributed by atoms with Gasteiger partial charge in [0.1, 0.15) is 5.82 Å². The zero-order valence-electron chi connectivity index (χ0n) is 14.0. The predicted octanol–water partition coefficient (Wildman–Crippen LogP) is 2.15. The van der Waals surface area contributed by atoms with Gasteiger partial charge in [0.15, 0.2) is 5.82 Å². The van der Waals surface area contributed by atoms with Crippen LogP contribution in [0.3, 0.4) is 0 Å². The summed E-state index contributed by atoms with van der Waals surface area (Å²) < 4.78 is 0. The number of carbonyl (C=O) groups excluding carboxylic acids is 1. The second kappa shape index (κ2) is 7.18. The molecule has 0 radical (unpaired) electrons. The summed E-state index contributed by atoms with van der Waals surface area (Å²) in [5.41, 5.74) is 6.04. The van der Waals surface area contributed by atoms with E-state index >= 15 is 0 Å². The first-order valence-electron chi connectivity index (χ1n) is 8.44. The van der Waals surface area contributed by atoms with Crippen molar-refractivity contribution >= 4 is 18.3 Å². The fourth-order valence-electron chi connectivity index (χ4n) is 3.91. The number of nitrogens with one attached hydrogen (secondary N) is 1. The monoisotopic (exact) mass is 341 g/mol. The van der Waals surface area contributed by atoms with Crippen LogP contribution in [0.4, 0.5) is 0 Å². The molecule has 2 fully saturated rings. The topological polar surface area (TPSA) is 87.9 Å². The highest BCUT2D eigenvalue weighted by atomic mass is 35.5. The lowest BCUT2D eigenvalue weighted by Gasteiger charge is -2.41. The number of nitrogens with two attached hydrogens (primary N) is 1. The Morgan fingerprint density at radius 3 is 2.78 bits per heavy atom. The van der Waals surface area contributed by atoms with E-state index in [9.17, 15) is 4.79 Å². The fraction of sp³-hybridized carbons (Fsp3) is 0.812. The number of carbonyl (C=O) groups is 1. The number of aromatic amines is 1. The van der Waals surface area contributed by atoms with Crippen LogP contribution in [0.1, 0.15) is 63.0 Å². The SMILES string of the molecule is Cc1nc(C2CCCN(C(=O)C3CCCCC3(C)N)C2)n[nH]1.Cl. The molecule has 1 aromatic heterocycles. The largest absolute Gasteiger partial charge is 0.342 e. The molecule has 130 valence electrons. The maximum Gasteiger partial charge on any atom is 0.227 e. The van der Waals surface area contributed by atoms with Gasteiger partial charge in [0.05, 0.1) is 5.92 Å². The molecular weight excluding hydrogens is 314 g/mol. The predicted molar refractivity (Wildman–Crippen MR) is 91.5 cm³/mol. The van der Waals surface area contributed by atoms with Crippen LogP contribution < -0.4 is 5.73 Å². The van der Waals surface area contributed by atoms with Crippen LogP contribution in [-0.2, 0) is 4.79 Å². The molecule has 23 heavy (non-hydrogen) atoms. The van der Waals surface area contributed by atoms with Crippen molar-refractivity contribution in [2.24, 2.45) is 11.7 Å². The molecule has 1 amide bonds. The van der Waals surface area contributed by atoms with Crippen molar-refractivity contribution < 1.29 is 4.79 Å². The number of hydrogen-bond acceptors (Lipinski definition) is 4. The Morgan fingerprint density at radius 2 is 2.13 bits per heavy atom. The third kappa shape index (κ3) is 3.86. The molecule has 0 bridgehead atoms. The summed E-state index contributed by atoms with van der Waals surface area (Å²) in [6, 6.07) is 0. The van der Waals surface area contributed by atoms with E-state index in [1.807, 2.05) is 18.7 Å². The van der Waals surface area contributed by atoms with Gasteiger partial charge in [0.25, 0.3) is 0 Å². The van der Waals surface area contributed by atoms with Gasteiger partial charge in [0.2, 0.25) is 5.91 Å². The normalized spacial score (nSPS) is 31.5. The van der Waals surface area contributed by atoms with Crippen molar-refractivity contribution in [2.45, 2.75) is 63.8 Å². The molecule has 3 rings (SSSR count). The average molecular weight is 342 g/mol. The number of amides is 1. The molecule has 3 unspecified atom stereocenters. The van der Waals surface area contributed by atoms with E-state index in [0.717, 1.165) is 63.3 Å². The first-order valence-corrected chi connectivity index (χ1v) is 8.44. The number of nitrogens with zero attached hydrogens (tertiary/aromatic N) is 3. The minimum atomic E-state index is -0.358. The Hall–Kier alpha value is -1.14. The molecule has 3 N–H and O–H groups in total. The number of likely N-dealkylation sites (tertiary alicyclic amines) is 1. The quantitative estimate of drug-likeness (QED) is 0.862. The molecule has 1 aliphatic carbocycles. The number of H-pyrrole nitrogens is 1. The Morgan fingerprint density at radius 1 is 1.35 bits per heavy atom. The van der Waals surface area contributed by atoms with Crippen LogP contribution in [0.2, 0.25) is 0 Å². The lowest BCUT2D eigenvalue weighted by molar-refractivity contribution is -0.140. The lowest BCUT2D eigenvalue weighted by Crippen LogP contribution is -2.55. The molecular formula is C16H28ClN5O. The number of halogens is 1. The molecule has 2 aliphatic rings. The summed E-state index contributed by atoms with van der Waals surface area (Å²) >= 11 is 0. The first kappa shape index (κ1) is 18.2. The molecule has 1 saturated heterocycles. The zero-order valence-corrected chi connectivity index (χ0v) is 14.9. The molecule has 2 heterocycles. The van der Waals surface area contributed by atoms with Crippen molar-refractivity contribution in [1.82, 2.24) is 20.1 Å². The number of piperidine rings is 1. The molecule has 0 spiro atoms. The second-order valence-electron chi connectivity index (χ2n) is 7.21. The number of hydrogen-bond donors (Lipinski definition) is 2. The third-order valence-electron chi connectivity index (χ3n) is 5.27. The second-order valence-corrected chi connectivity index (χ2v) is 7.21. The average Bonchev–Trinajstić information content (AvgIpc) is 2.93. The van der Waals surface area contributed by atoms with Crippen LogP contribution in [0.5, 0.6) is 0 Å². The van der Waals surface area contributed by atoms with E-state index in [1.165, 1.54) is 0 Å². The highest BCUT2D eigenvalue weighted by Crippen LogP contribution is 2.34. The number of aromatic nitrogens is 3. The van der Waals surface area contributed by atoms with Crippen LogP contribution in [0, 0.1) is 12.8 Å². The molecule has 1 saturated carbocycles. The summed E-state index contributed by atoms with van der Waals surface area (Å²) in [5, 5.41) is 7.18. The third-order valence-corrected chi connectivity index (χ3v) is 5.27. The summed E-state index contributed by atoms with van der Waals surface area (Å²) in [6.07, 6.45) is 6.17. The van der Waals surface area contributed by atoms with Crippen molar-refractivity contribution in [3.8, 4) is 0 Å². The molecule has 7 heteroatoms. The van der Waals surface area contributed by atoms with Crippen molar-refractivity contribution in [3.63, 3.8) is 0 Å². The first-order chi connectivity index (χ1) is 10.5. The standard InChI is InChI=1S/C16H27N5O.ClH/c1-11-18-14(20-19-11)12-6-5-9-21(10-12)15(22)13-7-3-4-8-16(13,2)17;/h12-13H,3-10,17H2,1-2H3,(H,18,19,20);1H. The van der Waals surface area contributed by atoms with Gasteiger partial charge in [0, 0.05) is 24.5 Å². The smallest absolute Gasteiger partial charge is 0.227 e. The van der Waals surface area contributed by atoms with E-state index in [1.54, 1.807) is 0 Å². The maximum absolute atomic E-state index is 12.9. The van der Waals surface area contributed by atoms with Crippen LogP contribution in [-0.4, -0.2) is 44.6 Å².